The third kappa shape index (κ3) is 5.45. The SMILES string of the molecule is CCOc1ccc(C2/C(=C(\O)c3ccc4c(c3)OCCO4)C(=O)C(=O)N2c2nnc(SCc3ccc(C)cc3)s2)cc1. The van der Waals surface area contributed by atoms with Crippen LogP contribution < -0.4 is 19.1 Å². The summed E-state index contributed by atoms with van der Waals surface area (Å²) in [6, 6.07) is 19.3. The smallest absolute Gasteiger partial charge is 0.301 e. The van der Waals surface area contributed by atoms with Gasteiger partial charge in [0.2, 0.25) is 5.13 Å². The van der Waals surface area contributed by atoms with Crippen molar-refractivity contribution >= 4 is 45.7 Å². The number of aryl methyl sites for hydroxylation is 1. The summed E-state index contributed by atoms with van der Waals surface area (Å²) in [5, 5.41) is 20.4. The molecule has 2 aliphatic rings. The Labute approximate surface area is 250 Å². The van der Waals surface area contributed by atoms with Gasteiger partial charge < -0.3 is 19.3 Å². The molecule has 2 aliphatic heterocycles. The van der Waals surface area contributed by atoms with Crippen molar-refractivity contribution in [3.63, 3.8) is 0 Å². The third-order valence-electron chi connectivity index (χ3n) is 6.85. The lowest BCUT2D eigenvalue weighted by molar-refractivity contribution is -0.132. The fourth-order valence-electron chi connectivity index (χ4n) is 4.79. The van der Waals surface area contributed by atoms with Crippen molar-refractivity contribution in [3.05, 3.63) is 94.6 Å². The van der Waals surface area contributed by atoms with Gasteiger partial charge in [0, 0.05) is 11.3 Å². The minimum atomic E-state index is -0.934. The van der Waals surface area contributed by atoms with Crippen molar-refractivity contribution in [3.8, 4) is 17.2 Å². The van der Waals surface area contributed by atoms with E-state index in [0.717, 1.165) is 5.56 Å². The molecule has 0 aliphatic carbocycles. The molecule has 1 atom stereocenters. The summed E-state index contributed by atoms with van der Waals surface area (Å²) in [6.45, 7) is 5.22. The van der Waals surface area contributed by atoms with Crippen LogP contribution in [0, 0.1) is 6.92 Å². The first-order valence-electron chi connectivity index (χ1n) is 13.4. The summed E-state index contributed by atoms with van der Waals surface area (Å²) in [5.74, 6) is 0.410. The lowest BCUT2D eigenvalue weighted by atomic mass is 9.95. The van der Waals surface area contributed by atoms with Gasteiger partial charge in [-0.2, -0.15) is 0 Å². The van der Waals surface area contributed by atoms with E-state index in [2.05, 4.69) is 34.5 Å². The van der Waals surface area contributed by atoms with Gasteiger partial charge in [-0.15, -0.1) is 10.2 Å². The summed E-state index contributed by atoms with van der Waals surface area (Å²) < 4.78 is 17.5. The number of hydrogen-bond donors (Lipinski definition) is 1. The lowest BCUT2D eigenvalue weighted by Gasteiger charge is -2.23. The van der Waals surface area contributed by atoms with E-state index >= 15 is 0 Å². The van der Waals surface area contributed by atoms with E-state index in [-0.39, 0.29) is 16.5 Å². The molecule has 42 heavy (non-hydrogen) atoms. The highest BCUT2D eigenvalue weighted by atomic mass is 32.2. The maximum absolute atomic E-state index is 13.6. The van der Waals surface area contributed by atoms with Gasteiger partial charge in [-0.25, -0.2) is 0 Å². The Morgan fingerprint density at radius 3 is 2.50 bits per heavy atom. The van der Waals surface area contributed by atoms with E-state index < -0.39 is 17.7 Å². The first-order chi connectivity index (χ1) is 20.4. The van der Waals surface area contributed by atoms with Crippen LogP contribution in [0.5, 0.6) is 17.2 Å². The van der Waals surface area contributed by atoms with Gasteiger partial charge in [-0.1, -0.05) is 65.1 Å². The summed E-state index contributed by atoms with van der Waals surface area (Å²) >= 11 is 2.73. The van der Waals surface area contributed by atoms with Crippen LogP contribution in [0.2, 0.25) is 0 Å². The Morgan fingerprint density at radius 1 is 1.02 bits per heavy atom. The molecule has 0 spiro atoms. The van der Waals surface area contributed by atoms with E-state index in [4.69, 9.17) is 14.2 Å². The predicted molar refractivity (Wildman–Crippen MR) is 160 cm³/mol. The summed E-state index contributed by atoms with van der Waals surface area (Å²) in [5.41, 5.74) is 3.21. The number of carbonyl (C=O) groups is 2. The topological polar surface area (TPSA) is 111 Å². The maximum Gasteiger partial charge on any atom is 0.301 e. The summed E-state index contributed by atoms with van der Waals surface area (Å²) in [4.78, 5) is 28.4. The average molecular weight is 602 g/mol. The predicted octanol–water partition coefficient (Wildman–Crippen LogP) is 5.94. The van der Waals surface area contributed by atoms with Crippen LogP contribution in [0.1, 0.15) is 35.2 Å². The molecular weight excluding hydrogens is 574 g/mol. The number of nitrogens with zero attached hydrogens (tertiary/aromatic N) is 3. The Morgan fingerprint density at radius 2 is 1.76 bits per heavy atom. The van der Waals surface area contributed by atoms with Gasteiger partial charge in [0.1, 0.15) is 24.7 Å². The number of benzene rings is 3. The number of hydrogen-bond acceptors (Lipinski definition) is 10. The highest BCUT2D eigenvalue weighted by Gasteiger charge is 2.48. The number of ketones is 1. The zero-order valence-electron chi connectivity index (χ0n) is 22.9. The summed E-state index contributed by atoms with van der Waals surface area (Å²) in [7, 11) is 0. The van der Waals surface area contributed by atoms with E-state index in [1.807, 2.05) is 13.8 Å². The van der Waals surface area contributed by atoms with E-state index in [1.165, 1.54) is 33.6 Å². The Hall–Kier alpha value is -4.35. The molecule has 6 rings (SSSR count). The third-order valence-corrected chi connectivity index (χ3v) is 8.98. The number of aliphatic hydroxyl groups is 1. The van der Waals surface area contributed by atoms with E-state index in [0.29, 0.717) is 58.3 Å². The second-order valence-corrected chi connectivity index (χ2v) is 11.8. The molecule has 0 bridgehead atoms. The monoisotopic (exact) mass is 601 g/mol. The Kier molecular flexibility index (Phi) is 7.86. The molecule has 3 aromatic carbocycles. The van der Waals surface area contributed by atoms with Gasteiger partial charge in [0.15, 0.2) is 15.8 Å². The standard InChI is InChI=1S/C31H27N3O6S2/c1-3-38-22-11-8-20(9-12-22)26-25(27(35)21-10-13-23-24(16-21)40-15-14-39-23)28(36)29(37)34(26)30-32-33-31(42-30)41-17-19-6-4-18(2)5-7-19/h4-13,16,26,35H,3,14-15,17H2,1-2H3/b27-25+. The molecule has 1 aromatic heterocycles. The van der Waals surface area contributed by atoms with Crippen molar-refractivity contribution in [2.75, 3.05) is 24.7 Å². The maximum atomic E-state index is 13.6. The number of carbonyl (C=O) groups excluding carboxylic acids is 2. The van der Waals surface area contributed by atoms with Gasteiger partial charge >= 0.3 is 5.91 Å². The minimum absolute atomic E-state index is 0.0510. The van der Waals surface area contributed by atoms with Crippen molar-refractivity contribution in [1.29, 1.82) is 0 Å². The van der Waals surface area contributed by atoms with Crippen molar-refractivity contribution in [2.24, 2.45) is 0 Å². The minimum Gasteiger partial charge on any atom is -0.507 e. The number of thioether (sulfide) groups is 1. The molecule has 1 N–H and O–H groups in total. The molecule has 1 unspecified atom stereocenters. The normalized spacial score (nSPS) is 17.5. The lowest BCUT2D eigenvalue weighted by Crippen LogP contribution is -2.29. The first-order valence-corrected chi connectivity index (χ1v) is 15.2. The van der Waals surface area contributed by atoms with Crippen LogP contribution in [-0.4, -0.2) is 46.8 Å². The van der Waals surface area contributed by atoms with Gasteiger partial charge in [0.05, 0.1) is 18.2 Å². The van der Waals surface area contributed by atoms with Crippen LogP contribution in [0.3, 0.4) is 0 Å². The molecule has 1 amide bonds. The highest BCUT2D eigenvalue weighted by Crippen LogP contribution is 2.45. The number of aliphatic hydroxyl groups excluding tert-OH is 1. The quantitative estimate of drug-likeness (QED) is 0.0863. The molecule has 0 radical (unpaired) electrons. The number of fused-ring (bicyclic) bond motifs is 1. The van der Waals surface area contributed by atoms with Crippen LogP contribution in [0.25, 0.3) is 5.76 Å². The van der Waals surface area contributed by atoms with Gasteiger partial charge in [0.25, 0.3) is 5.78 Å². The Balaban J connectivity index is 1.38. The number of amides is 1. The van der Waals surface area contributed by atoms with Crippen LogP contribution in [-0.2, 0) is 15.3 Å². The number of Topliss-reactive ketones (excluding diaryl/α,β-unsaturated/α-hetero) is 1. The number of ether oxygens (including phenoxy) is 3. The fourth-order valence-corrected chi connectivity index (χ4v) is 6.62. The molecule has 9 nitrogen and oxygen atoms in total. The molecule has 0 saturated carbocycles. The van der Waals surface area contributed by atoms with Crippen LogP contribution in [0.4, 0.5) is 5.13 Å². The molecule has 11 heteroatoms. The molecule has 1 saturated heterocycles. The van der Waals surface area contributed by atoms with Crippen LogP contribution >= 0.6 is 23.1 Å². The molecule has 214 valence electrons. The largest absolute Gasteiger partial charge is 0.507 e. The molecular formula is C31H27N3O6S2. The second kappa shape index (κ2) is 11.9. The zero-order valence-corrected chi connectivity index (χ0v) is 24.5. The van der Waals surface area contributed by atoms with Crippen LogP contribution in [0.15, 0.2) is 76.6 Å². The number of aromatic nitrogens is 2. The van der Waals surface area contributed by atoms with Gasteiger partial charge in [-0.3, -0.25) is 14.5 Å². The number of rotatable bonds is 8. The molecule has 4 aromatic rings. The number of anilines is 1. The molecule has 1 fully saturated rings. The highest BCUT2D eigenvalue weighted by molar-refractivity contribution is 8.00. The van der Waals surface area contributed by atoms with Gasteiger partial charge in [-0.05, 0) is 55.3 Å². The second-order valence-electron chi connectivity index (χ2n) is 9.65. The fraction of sp³-hybridized carbons (Fsp3) is 0.226. The van der Waals surface area contributed by atoms with Crippen molar-refractivity contribution < 1.29 is 28.9 Å². The molecule has 3 heterocycles. The van der Waals surface area contributed by atoms with Crippen molar-refractivity contribution in [2.45, 2.75) is 30.0 Å². The van der Waals surface area contributed by atoms with E-state index in [9.17, 15) is 14.7 Å². The zero-order chi connectivity index (χ0) is 29.2. The Bertz CT molecular complexity index is 1670. The average Bonchev–Trinajstić information content (AvgIpc) is 3.58. The first kappa shape index (κ1) is 27.8. The van der Waals surface area contributed by atoms with Crippen molar-refractivity contribution in [1.82, 2.24) is 10.2 Å². The summed E-state index contributed by atoms with van der Waals surface area (Å²) in [6.07, 6.45) is 0. The van der Waals surface area contributed by atoms with E-state index in [1.54, 1.807) is 42.5 Å².